The second-order valence-electron chi connectivity index (χ2n) is 2.27. The molecule has 0 atom stereocenters. The summed E-state index contributed by atoms with van der Waals surface area (Å²) in [5, 5.41) is 0. The summed E-state index contributed by atoms with van der Waals surface area (Å²) in [7, 11) is 2.05. The van der Waals surface area contributed by atoms with Crippen LogP contribution in [0.4, 0.5) is 0 Å². The molecule has 0 N–H and O–H groups in total. The summed E-state index contributed by atoms with van der Waals surface area (Å²) in [6, 6.07) is 10.3. The maximum atomic E-state index is 2.10. The summed E-state index contributed by atoms with van der Waals surface area (Å²) < 4.78 is 2.10. The van der Waals surface area contributed by atoms with E-state index in [4.69, 9.17) is 0 Å². The molecule has 0 amide bonds. The zero-order valence-corrected chi connectivity index (χ0v) is 9.33. The van der Waals surface area contributed by atoms with Gasteiger partial charge in [-0.05, 0) is 0 Å². The monoisotopic (exact) mass is 316 g/mol. The first kappa shape index (κ1) is 8.54. The Morgan fingerprint density at radius 3 is 2.45 bits per heavy atom. The van der Waals surface area contributed by atoms with Crippen molar-refractivity contribution in [3.8, 4) is 0 Å². The van der Waals surface area contributed by atoms with E-state index in [9.17, 15) is 0 Å². The molecule has 1 aromatic rings. The molecule has 0 bridgehead atoms. The van der Waals surface area contributed by atoms with Crippen LogP contribution in [0.25, 0.3) is 6.08 Å². The van der Waals surface area contributed by atoms with Crippen LogP contribution in [-0.2, 0) is 19.6 Å². The van der Waals surface area contributed by atoms with Crippen LogP contribution in [0.3, 0.4) is 0 Å². The standard InChI is InChI=1S/C9H10N.W/c1-10-8-7-9-5-3-2-4-6-9;/h2-8H,1H3;/q-1;+2/b8-7-;. The van der Waals surface area contributed by atoms with Crippen LogP contribution in [0.2, 0.25) is 0 Å². The van der Waals surface area contributed by atoms with Gasteiger partial charge >= 0.3 is 77.9 Å². The average molecular weight is 316 g/mol. The molecule has 0 unspecified atom stereocenters. The minimum absolute atomic E-state index is 1.25. The van der Waals surface area contributed by atoms with Gasteiger partial charge in [-0.2, -0.15) is 0 Å². The zero-order valence-electron chi connectivity index (χ0n) is 6.40. The molecule has 0 aliphatic rings. The van der Waals surface area contributed by atoms with Gasteiger partial charge in [-0.1, -0.05) is 0 Å². The van der Waals surface area contributed by atoms with Gasteiger partial charge < -0.3 is 0 Å². The molecule has 0 aliphatic carbocycles. The van der Waals surface area contributed by atoms with Crippen LogP contribution in [0, 0.1) is 0 Å². The first-order valence-corrected chi connectivity index (χ1v) is 4.73. The molecule has 1 rings (SSSR count). The summed E-state index contributed by atoms with van der Waals surface area (Å²) >= 11 is 1.45. The van der Waals surface area contributed by atoms with E-state index in [2.05, 4.69) is 34.5 Å². The Bertz CT molecular complexity index is 264. The predicted octanol–water partition coefficient (Wildman–Crippen LogP) is 2.03. The van der Waals surface area contributed by atoms with Gasteiger partial charge in [0, 0.05) is 0 Å². The van der Waals surface area contributed by atoms with Gasteiger partial charge in [-0.25, -0.2) is 0 Å². The van der Waals surface area contributed by atoms with Crippen LogP contribution in [0.15, 0.2) is 36.5 Å². The Balaban J connectivity index is 2.72. The molecule has 0 heterocycles. The van der Waals surface area contributed by atoms with Gasteiger partial charge in [-0.15, -0.1) is 0 Å². The Hall–Kier alpha value is -0.552. The van der Waals surface area contributed by atoms with E-state index in [1.807, 2.05) is 18.2 Å². The Kier molecular flexibility index (Phi) is 3.38. The molecule has 0 aromatic heterocycles. The summed E-state index contributed by atoms with van der Waals surface area (Å²) in [6.07, 6.45) is 4.18. The normalized spacial score (nSPS) is 10.3. The van der Waals surface area contributed by atoms with Crippen molar-refractivity contribution < 1.29 is 22.7 Å². The van der Waals surface area contributed by atoms with E-state index in [1.54, 1.807) is 0 Å². The van der Waals surface area contributed by atoms with Crippen LogP contribution in [0.1, 0.15) is 5.56 Å². The third kappa shape index (κ3) is 3.38. The first-order chi connectivity index (χ1) is 5.29. The number of hydrogen-bond donors (Lipinski definition) is 0. The molecule has 1 aromatic carbocycles. The third-order valence-corrected chi connectivity index (χ3v) is 1.71. The van der Waals surface area contributed by atoms with Crippen molar-refractivity contribution in [1.29, 1.82) is 0 Å². The fourth-order valence-electron chi connectivity index (χ4n) is 0.755. The quantitative estimate of drug-likeness (QED) is 0.785. The van der Waals surface area contributed by atoms with Crippen molar-refractivity contribution in [1.82, 2.24) is 0 Å². The SMILES string of the molecule is C[N+](=[W])/C=C\c1ccccc1. The Morgan fingerprint density at radius 1 is 1.27 bits per heavy atom. The Morgan fingerprint density at radius 2 is 1.91 bits per heavy atom. The van der Waals surface area contributed by atoms with Crippen LogP contribution in [0.5, 0.6) is 0 Å². The van der Waals surface area contributed by atoms with Crippen LogP contribution >= 0.6 is 0 Å². The van der Waals surface area contributed by atoms with E-state index >= 15 is 0 Å². The molecule has 0 saturated heterocycles. The molecule has 0 fully saturated rings. The number of benzene rings is 1. The van der Waals surface area contributed by atoms with E-state index in [-0.39, 0.29) is 0 Å². The van der Waals surface area contributed by atoms with Gasteiger partial charge in [0.1, 0.15) is 0 Å². The second kappa shape index (κ2) is 4.35. The van der Waals surface area contributed by atoms with Gasteiger partial charge in [-0.3, -0.25) is 0 Å². The number of rotatable bonds is 2. The molecular weight excluding hydrogens is 306 g/mol. The third-order valence-electron chi connectivity index (χ3n) is 1.28. The molecule has 56 valence electrons. The predicted molar refractivity (Wildman–Crippen MR) is 41.7 cm³/mol. The van der Waals surface area contributed by atoms with Crippen molar-refractivity contribution in [3.05, 3.63) is 42.1 Å². The minimum atomic E-state index is 1.25. The van der Waals surface area contributed by atoms with Crippen molar-refractivity contribution in [3.63, 3.8) is 0 Å². The molecule has 0 radical (unpaired) electrons. The van der Waals surface area contributed by atoms with E-state index in [0.717, 1.165) is 0 Å². The van der Waals surface area contributed by atoms with E-state index < -0.39 is 0 Å². The zero-order chi connectivity index (χ0) is 8.10. The van der Waals surface area contributed by atoms with Gasteiger partial charge in [0.15, 0.2) is 0 Å². The number of nitrogens with zero attached hydrogens (tertiary/aromatic N) is 1. The summed E-state index contributed by atoms with van der Waals surface area (Å²) in [4.78, 5) is 0. The van der Waals surface area contributed by atoms with Crippen molar-refractivity contribution >= 4 is 6.08 Å². The van der Waals surface area contributed by atoms with Gasteiger partial charge in [0.05, 0.1) is 0 Å². The summed E-state index contributed by atoms with van der Waals surface area (Å²) in [5.74, 6) is 0. The Labute approximate surface area is 78.1 Å². The molecular formula is C9H10NW+. The van der Waals surface area contributed by atoms with E-state index in [1.165, 1.54) is 25.2 Å². The van der Waals surface area contributed by atoms with Crippen molar-refractivity contribution in [2.24, 2.45) is 0 Å². The number of hydrogen-bond acceptors (Lipinski definition) is 0. The molecule has 0 spiro atoms. The maximum absolute atomic E-state index is 2.10. The second-order valence-corrected chi connectivity index (χ2v) is 4.34. The van der Waals surface area contributed by atoms with Gasteiger partial charge in [0.2, 0.25) is 0 Å². The summed E-state index contributed by atoms with van der Waals surface area (Å²) in [5.41, 5.74) is 1.25. The van der Waals surface area contributed by atoms with Crippen molar-refractivity contribution in [2.45, 2.75) is 0 Å². The summed E-state index contributed by atoms with van der Waals surface area (Å²) in [6.45, 7) is 0. The fourth-order valence-corrected chi connectivity index (χ4v) is 0.974. The topological polar surface area (TPSA) is 3.01 Å². The molecule has 2 heteroatoms. The van der Waals surface area contributed by atoms with Crippen LogP contribution < -0.4 is 0 Å². The van der Waals surface area contributed by atoms with Gasteiger partial charge in [0.25, 0.3) is 0 Å². The molecule has 0 aliphatic heterocycles. The first-order valence-electron chi connectivity index (χ1n) is 3.42. The van der Waals surface area contributed by atoms with Crippen molar-refractivity contribution in [2.75, 3.05) is 7.05 Å². The molecule has 11 heavy (non-hydrogen) atoms. The molecule has 1 nitrogen and oxygen atoms in total. The van der Waals surface area contributed by atoms with E-state index in [0.29, 0.717) is 0 Å². The molecule has 0 saturated carbocycles. The van der Waals surface area contributed by atoms with Crippen LogP contribution in [-0.4, -0.2) is 10.1 Å². The average Bonchev–Trinajstić information content (AvgIpc) is 2.03. The fraction of sp³-hybridized carbons (Fsp3) is 0.111.